The van der Waals surface area contributed by atoms with E-state index in [0.29, 0.717) is 0 Å². The molecule has 0 saturated heterocycles. The van der Waals surface area contributed by atoms with Crippen LogP contribution in [0.15, 0.2) is 12.1 Å². The summed E-state index contributed by atoms with van der Waals surface area (Å²) < 4.78 is 2.41. The van der Waals surface area contributed by atoms with Crippen molar-refractivity contribution in [2.45, 2.75) is 47.2 Å². The molecule has 1 aromatic heterocycles. The van der Waals surface area contributed by atoms with Crippen molar-refractivity contribution in [3.63, 3.8) is 0 Å². The molecule has 1 rings (SSSR count). The van der Waals surface area contributed by atoms with Crippen molar-refractivity contribution in [3.8, 4) is 0 Å². The minimum absolute atomic E-state index is 0.723. The van der Waals surface area contributed by atoms with Crippen LogP contribution in [0, 0.1) is 5.92 Å². The van der Waals surface area contributed by atoms with Gasteiger partial charge in [0.05, 0.1) is 0 Å². The summed E-state index contributed by atoms with van der Waals surface area (Å²) in [5.41, 5.74) is 2.86. The van der Waals surface area contributed by atoms with Gasteiger partial charge in [0.25, 0.3) is 0 Å². The summed E-state index contributed by atoms with van der Waals surface area (Å²) in [5.74, 6) is 0.723. The molecule has 0 aromatic carbocycles. The Morgan fingerprint density at radius 2 is 1.87 bits per heavy atom. The maximum Gasteiger partial charge on any atom is 0.0359 e. The summed E-state index contributed by atoms with van der Waals surface area (Å²) in [6, 6.07) is 4.49. The number of hydrogen-bond acceptors (Lipinski definition) is 1. The van der Waals surface area contributed by atoms with Crippen LogP contribution in [0.1, 0.15) is 39.1 Å². The van der Waals surface area contributed by atoms with Crippen LogP contribution in [0.4, 0.5) is 0 Å². The fourth-order valence-electron chi connectivity index (χ4n) is 1.91. The molecule has 1 aromatic rings. The van der Waals surface area contributed by atoms with Crippen molar-refractivity contribution in [1.82, 2.24) is 9.88 Å². The van der Waals surface area contributed by atoms with Crippen LogP contribution in [0.3, 0.4) is 0 Å². The lowest BCUT2D eigenvalue weighted by atomic mass is 10.2. The molecule has 0 aliphatic rings. The van der Waals surface area contributed by atoms with Crippen molar-refractivity contribution < 1.29 is 0 Å². The topological polar surface area (TPSA) is 17.0 Å². The summed E-state index contributed by atoms with van der Waals surface area (Å²) in [6.45, 7) is 12.1. The van der Waals surface area contributed by atoms with E-state index in [1.54, 1.807) is 0 Å². The van der Waals surface area contributed by atoms with Gasteiger partial charge in [0.2, 0.25) is 0 Å². The zero-order chi connectivity index (χ0) is 11.3. The monoisotopic (exact) mass is 208 g/mol. The zero-order valence-corrected chi connectivity index (χ0v) is 10.5. The Labute approximate surface area is 93.7 Å². The van der Waals surface area contributed by atoms with Gasteiger partial charge >= 0.3 is 0 Å². The molecule has 0 saturated carbocycles. The Bertz CT molecular complexity index is 287. The van der Waals surface area contributed by atoms with Crippen molar-refractivity contribution in [3.05, 3.63) is 23.5 Å². The Balaban J connectivity index is 2.56. The fourth-order valence-corrected chi connectivity index (χ4v) is 1.91. The summed E-state index contributed by atoms with van der Waals surface area (Å²) in [5, 5.41) is 3.49. The Morgan fingerprint density at radius 3 is 2.40 bits per heavy atom. The van der Waals surface area contributed by atoms with E-state index in [1.807, 2.05) is 0 Å². The minimum atomic E-state index is 0.723. The number of rotatable bonds is 6. The van der Waals surface area contributed by atoms with E-state index in [-0.39, 0.29) is 0 Å². The third kappa shape index (κ3) is 3.38. The molecule has 0 atom stereocenters. The average molecular weight is 208 g/mol. The predicted octanol–water partition coefficient (Wildman–Crippen LogP) is 2.82. The second kappa shape index (κ2) is 5.96. The first-order valence-electron chi connectivity index (χ1n) is 6.07. The number of hydrogen-bond donors (Lipinski definition) is 1. The molecular weight excluding hydrogens is 184 g/mol. The van der Waals surface area contributed by atoms with Gasteiger partial charge in [-0.05, 0) is 37.9 Å². The number of nitrogens with zero attached hydrogens (tertiary/aromatic N) is 1. The molecular formula is C13H24N2. The number of nitrogens with one attached hydrogen (secondary N) is 1. The summed E-state index contributed by atoms with van der Waals surface area (Å²) in [7, 11) is 0. The van der Waals surface area contributed by atoms with Crippen LogP contribution in [-0.2, 0) is 19.5 Å². The van der Waals surface area contributed by atoms with E-state index in [1.165, 1.54) is 11.4 Å². The summed E-state index contributed by atoms with van der Waals surface area (Å²) in [4.78, 5) is 0. The average Bonchev–Trinajstić information content (AvgIpc) is 2.59. The van der Waals surface area contributed by atoms with E-state index in [2.05, 4.69) is 49.7 Å². The lowest BCUT2D eigenvalue weighted by Crippen LogP contribution is -2.21. The van der Waals surface area contributed by atoms with Crippen molar-refractivity contribution in [1.29, 1.82) is 0 Å². The standard InChI is InChI=1S/C13H24N2/c1-5-12-7-8-13(15(12)6-2)10-14-9-11(3)4/h7-8,11,14H,5-6,9-10H2,1-4H3. The van der Waals surface area contributed by atoms with Crippen LogP contribution in [0.25, 0.3) is 0 Å². The van der Waals surface area contributed by atoms with Gasteiger partial charge in [0.1, 0.15) is 0 Å². The van der Waals surface area contributed by atoms with Crippen molar-refractivity contribution in [2.75, 3.05) is 6.54 Å². The smallest absolute Gasteiger partial charge is 0.0359 e. The molecule has 0 unspecified atom stereocenters. The van der Waals surface area contributed by atoms with Crippen molar-refractivity contribution in [2.24, 2.45) is 5.92 Å². The molecule has 2 nitrogen and oxygen atoms in total. The predicted molar refractivity (Wildman–Crippen MR) is 66.0 cm³/mol. The van der Waals surface area contributed by atoms with Crippen LogP contribution < -0.4 is 5.32 Å². The van der Waals surface area contributed by atoms with E-state index in [0.717, 1.165) is 32.0 Å². The van der Waals surface area contributed by atoms with Crippen LogP contribution >= 0.6 is 0 Å². The zero-order valence-electron chi connectivity index (χ0n) is 10.5. The molecule has 1 N–H and O–H groups in total. The highest BCUT2D eigenvalue weighted by Crippen LogP contribution is 2.10. The largest absolute Gasteiger partial charge is 0.348 e. The van der Waals surface area contributed by atoms with Gasteiger partial charge in [-0.1, -0.05) is 20.8 Å². The van der Waals surface area contributed by atoms with Gasteiger partial charge in [-0.15, -0.1) is 0 Å². The first kappa shape index (κ1) is 12.3. The van der Waals surface area contributed by atoms with Gasteiger partial charge in [-0.25, -0.2) is 0 Å². The maximum absolute atomic E-state index is 3.49. The van der Waals surface area contributed by atoms with Gasteiger partial charge in [-0.3, -0.25) is 0 Å². The van der Waals surface area contributed by atoms with Gasteiger partial charge in [0, 0.05) is 24.5 Å². The van der Waals surface area contributed by atoms with Crippen LogP contribution in [0.5, 0.6) is 0 Å². The van der Waals surface area contributed by atoms with Gasteiger partial charge in [0.15, 0.2) is 0 Å². The molecule has 0 aliphatic carbocycles. The number of aromatic nitrogens is 1. The first-order valence-corrected chi connectivity index (χ1v) is 6.07. The van der Waals surface area contributed by atoms with E-state index in [4.69, 9.17) is 0 Å². The SMILES string of the molecule is CCc1ccc(CNCC(C)C)n1CC. The van der Waals surface area contributed by atoms with Crippen molar-refractivity contribution >= 4 is 0 Å². The highest BCUT2D eigenvalue weighted by Gasteiger charge is 2.04. The lowest BCUT2D eigenvalue weighted by molar-refractivity contribution is 0.534. The third-order valence-electron chi connectivity index (χ3n) is 2.70. The molecule has 86 valence electrons. The molecule has 1 heterocycles. The normalized spacial score (nSPS) is 11.3. The second-order valence-corrected chi connectivity index (χ2v) is 4.44. The third-order valence-corrected chi connectivity index (χ3v) is 2.70. The molecule has 0 radical (unpaired) electrons. The Hall–Kier alpha value is -0.760. The summed E-state index contributed by atoms with van der Waals surface area (Å²) >= 11 is 0. The molecule has 15 heavy (non-hydrogen) atoms. The fraction of sp³-hybridized carbons (Fsp3) is 0.692. The molecule has 0 bridgehead atoms. The van der Waals surface area contributed by atoms with E-state index in [9.17, 15) is 0 Å². The van der Waals surface area contributed by atoms with E-state index < -0.39 is 0 Å². The van der Waals surface area contributed by atoms with Crippen LogP contribution in [-0.4, -0.2) is 11.1 Å². The highest BCUT2D eigenvalue weighted by molar-refractivity contribution is 5.16. The minimum Gasteiger partial charge on any atom is -0.348 e. The summed E-state index contributed by atoms with van der Waals surface area (Å²) in [6.07, 6.45) is 1.12. The quantitative estimate of drug-likeness (QED) is 0.760. The second-order valence-electron chi connectivity index (χ2n) is 4.44. The van der Waals surface area contributed by atoms with Gasteiger partial charge in [-0.2, -0.15) is 0 Å². The molecule has 2 heteroatoms. The molecule has 0 spiro atoms. The molecule has 0 amide bonds. The van der Waals surface area contributed by atoms with E-state index >= 15 is 0 Å². The molecule has 0 fully saturated rings. The maximum atomic E-state index is 3.49. The van der Waals surface area contributed by atoms with Crippen LogP contribution in [0.2, 0.25) is 0 Å². The number of aryl methyl sites for hydroxylation is 1. The lowest BCUT2D eigenvalue weighted by Gasteiger charge is -2.12. The first-order chi connectivity index (χ1) is 7.19. The Morgan fingerprint density at radius 1 is 1.20 bits per heavy atom. The molecule has 0 aliphatic heterocycles. The van der Waals surface area contributed by atoms with Gasteiger partial charge < -0.3 is 9.88 Å². The Kier molecular flexibility index (Phi) is 4.89. The highest BCUT2D eigenvalue weighted by atomic mass is 15.0.